The normalized spacial score (nSPS) is 12.0. The Morgan fingerprint density at radius 3 is 2.50 bits per heavy atom. The van der Waals surface area contributed by atoms with Crippen LogP contribution in [0.25, 0.3) is 0 Å². The summed E-state index contributed by atoms with van der Waals surface area (Å²) in [4.78, 5) is 22.6. The van der Waals surface area contributed by atoms with Gasteiger partial charge in [-0.05, 0) is 6.92 Å². The fraction of sp³-hybridized carbons (Fsp3) is 0.667. The van der Waals surface area contributed by atoms with Gasteiger partial charge in [0, 0.05) is 13.6 Å². The van der Waals surface area contributed by atoms with Crippen molar-refractivity contribution in [3.63, 3.8) is 0 Å². The SMILES string of the molecule is CC(O)CN(C)C(=O)C(=O)NN. The standard InChI is InChI=1S/C6H13N3O3/c1-4(10)3-9(2)6(12)5(11)8-7/h4,10H,3,7H2,1-2H3,(H,8,11). The Kier molecular flexibility index (Phi) is 4.24. The second-order valence-corrected chi connectivity index (χ2v) is 2.51. The van der Waals surface area contributed by atoms with Crippen molar-refractivity contribution in [2.24, 2.45) is 5.84 Å². The molecule has 12 heavy (non-hydrogen) atoms. The number of nitrogens with zero attached hydrogens (tertiary/aromatic N) is 1. The average molecular weight is 175 g/mol. The molecule has 0 spiro atoms. The first-order valence-corrected chi connectivity index (χ1v) is 3.43. The molecule has 6 heteroatoms. The number of nitrogens with one attached hydrogen (secondary N) is 1. The highest BCUT2D eigenvalue weighted by Gasteiger charge is 2.17. The van der Waals surface area contributed by atoms with Gasteiger partial charge in [0.15, 0.2) is 0 Å². The number of nitrogens with two attached hydrogens (primary N) is 1. The number of rotatable bonds is 2. The molecular weight excluding hydrogens is 162 g/mol. The Morgan fingerprint density at radius 2 is 2.17 bits per heavy atom. The summed E-state index contributed by atoms with van der Waals surface area (Å²) in [5.41, 5.74) is 1.71. The molecule has 70 valence electrons. The van der Waals surface area contributed by atoms with Crippen LogP contribution < -0.4 is 11.3 Å². The van der Waals surface area contributed by atoms with Crippen molar-refractivity contribution in [2.45, 2.75) is 13.0 Å². The molecule has 2 amide bonds. The van der Waals surface area contributed by atoms with E-state index in [-0.39, 0.29) is 6.54 Å². The van der Waals surface area contributed by atoms with Crippen LogP contribution in [0.4, 0.5) is 0 Å². The van der Waals surface area contributed by atoms with Crippen molar-refractivity contribution < 1.29 is 14.7 Å². The quantitative estimate of drug-likeness (QED) is 0.192. The first-order chi connectivity index (χ1) is 5.49. The summed E-state index contributed by atoms with van der Waals surface area (Å²) < 4.78 is 0. The fourth-order valence-corrected chi connectivity index (χ4v) is 0.714. The van der Waals surface area contributed by atoms with Gasteiger partial charge in [0.1, 0.15) is 0 Å². The van der Waals surface area contributed by atoms with Crippen LogP contribution >= 0.6 is 0 Å². The zero-order chi connectivity index (χ0) is 9.72. The lowest BCUT2D eigenvalue weighted by Gasteiger charge is -2.16. The third kappa shape index (κ3) is 3.31. The predicted molar refractivity (Wildman–Crippen MR) is 41.6 cm³/mol. The molecule has 0 rings (SSSR count). The highest BCUT2D eigenvalue weighted by Crippen LogP contribution is 1.88. The minimum Gasteiger partial charge on any atom is -0.392 e. The van der Waals surface area contributed by atoms with Gasteiger partial charge >= 0.3 is 11.8 Å². The lowest BCUT2D eigenvalue weighted by atomic mass is 10.3. The summed E-state index contributed by atoms with van der Waals surface area (Å²) in [7, 11) is 1.41. The molecule has 0 aromatic heterocycles. The number of carbonyl (C=O) groups excluding carboxylic acids is 2. The second kappa shape index (κ2) is 4.68. The number of hydrogen-bond acceptors (Lipinski definition) is 4. The lowest BCUT2D eigenvalue weighted by Crippen LogP contribution is -2.45. The van der Waals surface area contributed by atoms with Crippen molar-refractivity contribution >= 4 is 11.8 Å². The van der Waals surface area contributed by atoms with E-state index in [4.69, 9.17) is 10.9 Å². The Bertz CT molecular complexity index is 181. The third-order valence-corrected chi connectivity index (χ3v) is 1.21. The van der Waals surface area contributed by atoms with Crippen LogP contribution in [0, 0.1) is 0 Å². The Labute approximate surface area is 70.3 Å². The first kappa shape index (κ1) is 10.9. The summed E-state index contributed by atoms with van der Waals surface area (Å²) in [6.07, 6.45) is -0.662. The van der Waals surface area contributed by atoms with Crippen molar-refractivity contribution in [1.82, 2.24) is 10.3 Å². The summed E-state index contributed by atoms with van der Waals surface area (Å²) in [6.45, 7) is 1.62. The van der Waals surface area contributed by atoms with E-state index in [2.05, 4.69) is 0 Å². The third-order valence-electron chi connectivity index (χ3n) is 1.21. The zero-order valence-corrected chi connectivity index (χ0v) is 7.07. The van der Waals surface area contributed by atoms with E-state index in [0.717, 1.165) is 4.90 Å². The summed E-state index contributed by atoms with van der Waals surface area (Å²) >= 11 is 0. The van der Waals surface area contributed by atoms with E-state index in [0.29, 0.717) is 0 Å². The van der Waals surface area contributed by atoms with Gasteiger partial charge < -0.3 is 10.0 Å². The number of hydrazine groups is 1. The monoisotopic (exact) mass is 175 g/mol. The molecule has 1 atom stereocenters. The smallest absolute Gasteiger partial charge is 0.323 e. The van der Waals surface area contributed by atoms with Crippen molar-refractivity contribution in [1.29, 1.82) is 0 Å². The number of aliphatic hydroxyl groups is 1. The molecular formula is C6H13N3O3. The fourth-order valence-electron chi connectivity index (χ4n) is 0.714. The molecule has 0 aromatic carbocycles. The summed E-state index contributed by atoms with van der Waals surface area (Å²) in [6, 6.07) is 0. The minimum absolute atomic E-state index is 0.103. The van der Waals surface area contributed by atoms with Crippen LogP contribution in [0.15, 0.2) is 0 Å². The van der Waals surface area contributed by atoms with Crippen LogP contribution in [0.5, 0.6) is 0 Å². The van der Waals surface area contributed by atoms with Gasteiger partial charge in [0.05, 0.1) is 6.10 Å². The molecule has 6 nitrogen and oxygen atoms in total. The van der Waals surface area contributed by atoms with Crippen molar-refractivity contribution in [3.8, 4) is 0 Å². The Morgan fingerprint density at radius 1 is 1.67 bits per heavy atom. The molecule has 0 fully saturated rings. The van der Waals surface area contributed by atoms with Gasteiger partial charge in [-0.3, -0.25) is 15.0 Å². The maximum atomic E-state index is 10.9. The van der Waals surface area contributed by atoms with Gasteiger partial charge in [-0.1, -0.05) is 0 Å². The predicted octanol–water partition coefficient (Wildman–Crippen LogP) is -2.18. The molecule has 4 N–H and O–H groups in total. The molecule has 0 saturated heterocycles. The van der Waals surface area contributed by atoms with E-state index in [1.165, 1.54) is 14.0 Å². The van der Waals surface area contributed by atoms with Crippen molar-refractivity contribution in [3.05, 3.63) is 0 Å². The Balaban J connectivity index is 4.01. The molecule has 0 aliphatic carbocycles. The number of aliphatic hydroxyl groups excluding tert-OH is 1. The van der Waals surface area contributed by atoms with E-state index < -0.39 is 17.9 Å². The molecule has 0 aromatic rings. The molecule has 0 saturated carbocycles. The van der Waals surface area contributed by atoms with E-state index in [1.54, 1.807) is 5.43 Å². The minimum atomic E-state index is -0.891. The maximum absolute atomic E-state index is 10.9. The molecule has 0 aliphatic heterocycles. The number of likely N-dealkylation sites (N-methyl/N-ethyl adjacent to an activating group) is 1. The van der Waals surface area contributed by atoms with Crippen molar-refractivity contribution in [2.75, 3.05) is 13.6 Å². The summed E-state index contributed by atoms with van der Waals surface area (Å²) in [5, 5.41) is 8.87. The molecule has 1 unspecified atom stereocenters. The van der Waals surface area contributed by atoms with Gasteiger partial charge in [-0.15, -0.1) is 0 Å². The van der Waals surface area contributed by atoms with E-state index in [9.17, 15) is 9.59 Å². The molecule has 0 radical (unpaired) electrons. The molecule has 0 heterocycles. The van der Waals surface area contributed by atoms with Gasteiger partial charge in [-0.25, -0.2) is 5.84 Å². The van der Waals surface area contributed by atoms with Gasteiger partial charge in [-0.2, -0.15) is 0 Å². The first-order valence-electron chi connectivity index (χ1n) is 3.43. The van der Waals surface area contributed by atoms with Crippen LogP contribution in [-0.2, 0) is 9.59 Å². The second-order valence-electron chi connectivity index (χ2n) is 2.51. The largest absolute Gasteiger partial charge is 0.392 e. The number of carbonyl (C=O) groups is 2. The van der Waals surface area contributed by atoms with Crippen LogP contribution in [0.1, 0.15) is 6.92 Å². The lowest BCUT2D eigenvalue weighted by molar-refractivity contribution is -0.145. The van der Waals surface area contributed by atoms with Crippen LogP contribution in [-0.4, -0.2) is 41.5 Å². The number of hydrogen-bond donors (Lipinski definition) is 3. The molecule has 0 bridgehead atoms. The highest BCUT2D eigenvalue weighted by atomic mass is 16.3. The average Bonchev–Trinajstić information content (AvgIpc) is 2.00. The van der Waals surface area contributed by atoms with Gasteiger partial charge in [0.2, 0.25) is 0 Å². The van der Waals surface area contributed by atoms with E-state index in [1.807, 2.05) is 0 Å². The summed E-state index contributed by atoms with van der Waals surface area (Å²) in [5.74, 6) is 3.08. The Hall–Kier alpha value is -1.14. The maximum Gasteiger partial charge on any atom is 0.323 e. The zero-order valence-electron chi connectivity index (χ0n) is 7.07. The van der Waals surface area contributed by atoms with Crippen LogP contribution in [0.3, 0.4) is 0 Å². The molecule has 0 aliphatic rings. The highest BCUT2D eigenvalue weighted by molar-refractivity contribution is 6.34. The van der Waals surface area contributed by atoms with Crippen LogP contribution in [0.2, 0.25) is 0 Å². The topological polar surface area (TPSA) is 95.7 Å². The van der Waals surface area contributed by atoms with Gasteiger partial charge in [0.25, 0.3) is 0 Å². The number of amides is 2. The van der Waals surface area contributed by atoms with E-state index >= 15 is 0 Å².